The Balaban J connectivity index is 2.27. The van der Waals surface area contributed by atoms with Crippen LogP contribution in [0.5, 0.6) is 0 Å². The highest BCUT2D eigenvalue weighted by Gasteiger charge is 2.27. The van der Waals surface area contributed by atoms with Crippen molar-refractivity contribution in [2.45, 2.75) is 38.6 Å². The molecule has 12 heavy (non-hydrogen) atoms. The van der Waals surface area contributed by atoms with Crippen molar-refractivity contribution >= 4 is 5.95 Å². The summed E-state index contributed by atoms with van der Waals surface area (Å²) in [5.74, 6) is 0.695. The van der Waals surface area contributed by atoms with Gasteiger partial charge in [0.25, 0.3) is 0 Å². The number of nitrogen functional groups attached to an aromatic ring is 1. The van der Waals surface area contributed by atoms with Crippen LogP contribution in [-0.2, 0) is 6.42 Å². The van der Waals surface area contributed by atoms with Crippen LogP contribution in [0.3, 0.4) is 0 Å². The van der Waals surface area contributed by atoms with E-state index in [1.807, 2.05) is 6.20 Å². The molecule has 66 valence electrons. The molecule has 1 aromatic heterocycles. The predicted octanol–water partition coefficient (Wildman–Crippen LogP) is 1.75. The lowest BCUT2D eigenvalue weighted by molar-refractivity contribution is 0.692. The number of anilines is 1. The summed E-state index contributed by atoms with van der Waals surface area (Å²) >= 11 is 0. The minimum atomic E-state index is 0.661. The van der Waals surface area contributed by atoms with Crippen molar-refractivity contribution in [3.63, 3.8) is 0 Å². The van der Waals surface area contributed by atoms with E-state index < -0.39 is 0 Å². The summed E-state index contributed by atoms with van der Waals surface area (Å²) in [5, 5.41) is 0. The Bertz CT molecular complexity index is 273. The van der Waals surface area contributed by atoms with Gasteiger partial charge in [-0.05, 0) is 19.3 Å². The zero-order valence-corrected chi connectivity index (χ0v) is 7.45. The van der Waals surface area contributed by atoms with Crippen LogP contribution in [0, 0.1) is 0 Å². The lowest BCUT2D eigenvalue weighted by Crippen LogP contribution is -2.04. The Hall–Kier alpha value is -0.990. The van der Waals surface area contributed by atoms with Gasteiger partial charge in [0.1, 0.15) is 0 Å². The number of rotatable bonds is 3. The van der Waals surface area contributed by atoms with Crippen molar-refractivity contribution < 1.29 is 0 Å². The molecule has 1 aliphatic rings. The van der Waals surface area contributed by atoms with Gasteiger partial charge < -0.3 is 10.3 Å². The Labute approximate surface area is 72.6 Å². The third kappa shape index (κ3) is 1.19. The first-order valence-electron chi connectivity index (χ1n) is 4.64. The number of aryl methyl sites for hydroxylation is 1. The van der Waals surface area contributed by atoms with E-state index >= 15 is 0 Å². The first-order chi connectivity index (χ1) is 5.83. The standard InChI is InChI=1S/C9H15N3/c1-2-3-8-6-11-9(10)12(8)7-4-5-7/h6-7H,2-5H2,1H3,(H2,10,11). The molecule has 1 fully saturated rings. The van der Waals surface area contributed by atoms with Gasteiger partial charge in [0.05, 0.1) is 6.20 Å². The van der Waals surface area contributed by atoms with Crippen LogP contribution in [0.15, 0.2) is 6.20 Å². The fraction of sp³-hybridized carbons (Fsp3) is 0.667. The summed E-state index contributed by atoms with van der Waals surface area (Å²) in [6.07, 6.45) is 6.73. The van der Waals surface area contributed by atoms with Crippen LogP contribution >= 0.6 is 0 Å². The molecular formula is C9H15N3. The number of nitrogens with zero attached hydrogens (tertiary/aromatic N) is 2. The average Bonchev–Trinajstić information content (AvgIpc) is 2.80. The van der Waals surface area contributed by atoms with Crippen LogP contribution in [0.2, 0.25) is 0 Å². The van der Waals surface area contributed by atoms with E-state index in [1.54, 1.807) is 0 Å². The van der Waals surface area contributed by atoms with Gasteiger partial charge in [-0.2, -0.15) is 0 Å². The Morgan fingerprint density at radius 1 is 1.67 bits per heavy atom. The molecule has 0 aromatic carbocycles. The second-order valence-electron chi connectivity index (χ2n) is 3.46. The maximum absolute atomic E-state index is 5.76. The smallest absolute Gasteiger partial charge is 0.200 e. The highest BCUT2D eigenvalue weighted by Crippen LogP contribution is 2.37. The number of nitrogens with two attached hydrogens (primary N) is 1. The van der Waals surface area contributed by atoms with Crippen molar-refractivity contribution in [3.8, 4) is 0 Å². The highest BCUT2D eigenvalue weighted by atomic mass is 15.2. The summed E-state index contributed by atoms with van der Waals surface area (Å²) in [7, 11) is 0. The number of aromatic nitrogens is 2. The molecule has 0 saturated heterocycles. The largest absolute Gasteiger partial charge is 0.369 e. The third-order valence-corrected chi connectivity index (χ3v) is 2.32. The second kappa shape index (κ2) is 2.81. The molecule has 3 heteroatoms. The van der Waals surface area contributed by atoms with Crippen LogP contribution in [-0.4, -0.2) is 9.55 Å². The maximum Gasteiger partial charge on any atom is 0.200 e. The van der Waals surface area contributed by atoms with Gasteiger partial charge in [-0.25, -0.2) is 4.98 Å². The molecule has 0 atom stereocenters. The highest BCUT2D eigenvalue weighted by molar-refractivity contribution is 5.25. The third-order valence-electron chi connectivity index (χ3n) is 2.32. The zero-order chi connectivity index (χ0) is 8.55. The number of imidazole rings is 1. The molecule has 3 nitrogen and oxygen atoms in total. The van der Waals surface area contributed by atoms with E-state index in [4.69, 9.17) is 5.73 Å². The number of hydrogen-bond donors (Lipinski definition) is 1. The molecule has 0 amide bonds. The van der Waals surface area contributed by atoms with Gasteiger partial charge in [0.2, 0.25) is 5.95 Å². The monoisotopic (exact) mass is 165 g/mol. The number of hydrogen-bond acceptors (Lipinski definition) is 2. The van der Waals surface area contributed by atoms with Gasteiger partial charge in [-0.15, -0.1) is 0 Å². The molecule has 1 heterocycles. The van der Waals surface area contributed by atoms with Crippen LogP contribution < -0.4 is 5.73 Å². The topological polar surface area (TPSA) is 43.8 Å². The van der Waals surface area contributed by atoms with Gasteiger partial charge in [-0.1, -0.05) is 13.3 Å². The fourth-order valence-corrected chi connectivity index (χ4v) is 1.61. The molecule has 2 N–H and O–H groups in total. The van der Waals surface area contributed by atoms with Crippen molar-refractivity contribution in [2.24, 2.45) is 0 Å². The van der Waals surface area contributed by atoms with Crippen LogP contribution in [0.4, 0.5) is 5.95 Å². The van der Waals surface area contributed by atoms with E-state index in [-0.39, 0.29) is 0 Å². The molecule has 1 aliphatic carbocycles. The van der Waals surface area contributed by atoms with Crippen molar-refractivity contribution in [3.05, 3.63) is 11.9 Å². The molecule has 0 aliphatic heterocycles. The van der Waals surface area contributed by atoms with E-state index in [2.05, 4.69) is 16.5 Å². The quantitative estimate of drug-likeness (QED) is 0.741. The molecule has 1 saturated carbocycles. The SMILES string of the molecule is CCCc1cnc(N)n1C1CC1. The van der Waals surface area contributed by atoms with E-state index in [9.17, 15) is 0 Å². The predicted molar refractivity (Wildman–Crippen MR) is 48.9 cm³/mol. The summed E-state index contributed by atoms with van der Waals surface area (Å²) < 4.78 is 2.20. The van der Waals surface area contributed by atoms with Crippen molar-refractivity contribution in [1.82, 2.24) is 9.55 Å². The fourth-order valence-electron chi connectivity index (χ4n) is 1.61. The molecule has 0 radical (unpaired) electrons. The molecule has 1 aromatic rings. The Morgan fingerprint density at radius 3 is 3.00 bits per heavy atom. The minimum Gasteiger partial charge on any atom is -0.369 e. The Morgan fingerprint density at radius 2 is 2.42 bits per heavy atom. The minimum absolute atomic E-state index is 0.661. The average molecular weight is 165 g/mol. The molecule has 0 spiro atoms. The van der Waals surface area contributed by atoms with Gasteiger partial charge in [0, 0.05) is 11.7 Å². The van der Waals surface area contributed by atoms with E-state index in [0.29, 0.717) is 12.0 Å². The van der Waals surface area contributed by atoms with E-state index in [0.717, 1.165) is 12.8 Å². The van der Waals surface area contributed by atoms with Crippen LogP contribution in [0.1, 0.15) is 37.9 Å². The lowest BCUT2D eigenvalue weighted by Gasteiger charge is -2.06. The van der Waals surface area contributed by atoms with Gasteiger partial charge >= 0.3 is 0 Å². The molecule has 2 rings (SSSR count). The second-order valence-corrected chi connectivity index (χ2v) is 3.46. The Kier molecular flexibility index (Phi) is 1.79. The van der Waals surface area contributed by atoms with Gasteiger partial charge in [-0.3, -0.25) is 0 Å². The summed E-state index contributed by atoms with van der Waals surface area (Å²) in [5.41, 5.74) is 7.07. The first kappa shape index (κ1) is 7.65. The summed E-state index contributed by atoms with van der Waals surface area (Å²) in [4.78, 5) is 4.14. The first-order valence-corrected chi connectivity index (χ1v) is 4.64. The van der Waals surface area contributed by atoms with Crippen molar-refractivity contribution in [1.29, 1.82) is 0 Å². The van der Waals surface area contributed by atoms with E-state index in [1.165, 1.54) is 18.5 Å². The molecule has 0 bridgehead atoms. The normalized spacial score (nSPS) is 16.8. The molecular weight excluding hydrogens is 150 g/mol. The summed E-state index contributed by atoms with van der Waals surface area (Å²) in [6, 6.07) is 0.661. The summed E-state index contributed by atoms with van der Waals surface area (Å²) in [6.45, 7) is 2.18. The zero-order valence-electron chi connectivity index (χ0n) is 7.45. The lowest BCUT2D eigenvalue weighted by atomic mass is 10.3. The molecule has 0 unspecified atom stereocenters. The van der Waals surface area contributed by atoms with Crippen LogP contribution in [0.25, 0.3) is 0 Å². The maximum atomic E-state index is 5.76. The van der Waals surface area contributed by atoms with Crippen molar-refractivity contribution in [2.75, 3.05) is 5.73 Å². The van der Waals surface area contributed by atoms with Gasteiger partial charge in [0.15, 0.2) is 0 Å².